The van der Waals surface area contributed by atoms with Crippen molar-refractivity contribution in [3.8, 4) is 5.75 Å². The van der Waals surface area contributed by atoms with Gasteiger partial charge >= 0.3 is 0 Å². The summed E-state index contributed by atoms with van der Waals surface area (Å²) in [6, 6.07) is 20.1. The number of hydrogen-bond donors (Lipinski definition) is 2. The highest BCUT2D eigenvalue weighted by Crippen LogP contribution is 2.30. The van der Waals surface area contributed by atoms with Gasteiger partial charge in [0.05, 0.1) is 40.2 Å². The number of ether oxygens (including phenoxy) is 2. The predicted octanol–water partition coefficient (Wildman–Crippen LogP) is 4.60. The maximum Gasteiger partial charge on any atom is 0.261 e. The van der Waals surface area contributed by atoms with Crippen molar-refractivity contribution >= 4 is 31.6 Å². The normalized spacial score (nSPS) is 20.9. The Balaban J connectivity index is 1.68. The lowest BCUT2D eigenvalue weighted by Gasteiger charge is -2.35. The van der Waals surface area contributed by atoms with Crippen molar-refractivity contribution in [1.82, 2.24) is 9.21 Å². The molecule has 13 heteroatoms. The molecule has 0 bridgehead atoms. The van der Waals surface area contributed by atoms with E-state index < -0.39 is 38.1 Å². The molecule has 3 aromatic rings. The average Bonchev–Trinajstić information content (AvgIpc) is 3.06. The number of carbonyl (C=O) groups is 1. The Morgan fingerprint density at radius 1 is 0.957 bits per heavy atom. The molecular weight excluding hydrogens is 643 g/mol. The Labute approximate surface area is 278 Å². The lowest BCUT2D eigenvalue weighted by atomic mass is 10.0. The molecule has 0 aromatic heterocycles. The Bertz CT molecular complexity index is 1690. The van der Waals surface area contributed by atoms with E-state index in [0.717, 1.165) is 12.8 Å². The van der Waals surface area contributed by atoms with Crippen LogP contribution < -0.4 is 9.46 Å². The zero-order chi connectivity index (χ0) is 34.2. The average molecular weight is 688 g/mol. The van der Waals surface area contributed by atoms with E-state index in [1.54, 1.807) is 67.6 Å². The van der Waals surface area contributed by atoms with Crippen molar-refractivity contribution in [2.75, 3.05) is 38.1 Å². The fourth-order valence-electron chi connectivity index (χ4n) is 5.39. The van der Waals surface area contributed by atoms with Crippen molar-refractivity contribution in [2.45, 2.75) is 68.1 Å². The summed E-state index contributed by atoms with van der Waals surface area (Å²) >= 11 is 0. The van der Waals surface area contributed by atoms with Gasteiger partial charge in [0.1, 0.15) is 5.75 Å². The van der Waals surface area contributed by atoms with Gasteiger partial charge in [-0.2, -0.15) is 4.31 Å². The van der Waals surface area contributed by atoms with E-state index in [2.05, 4.69) is 4.72 Å². The van der Waals surface area contributed by atoms with Gasteiger partial charge in [0.25, 0.3) is 15.9 Å². The van der Waals surface area contributed by atoms with Gasteiger partial charge in [-0.15, -0.1) is 0 Å². The van der Waals surface area contributed by atoms with Crippen LogP contribution in [0.5, 0.6) is 5.75 Å². The zero-order valence-corrected chi connectivity index (χ0v) is 28.9. The van der Waals surface area contributed by atoms with Gasteiger partial charge in [-0.1, -0.05) is 43.3 Å². The maximum atomic E-state index is 14.3. The molecular formula is C34H45N3O8S2. The first-order valence-corrected chi connectivity index (χ1v) is 18.7. The van der Waals surface area contributed by atoms with Crippen LogP contribution in [0.3, 0.4) is 0 Å². The Hall–Kier alpha value is -3.49. The SMILES string of the molecule is C[C@@H]1CN([C@H](C)CO)C(=O)c2cc(NS(=O)(=O)c3ccccc3)ccc2O[C@@H](C)CCCCO[C@@H]1CN(C)S(=O)(=O)c1ccccc1. The van der Waals surface area contributed by atoms with Crippen molar-refractivity contribution in [3.63, 3.8) is 0 Å². The third-order valence-electron chi connectivity index (χ3n) is 8.25. The lowest BCUT2D eigenvalue weighted by molar-refractivity contribution is -0.00833. The van der Waals surface area contributed by atoms with E-state index in [9.17, 15) is 26.7 Å². The first-order valence-electron chi connectivity index (χ1n) is 15.8. The quantitative estimate of drug-likeness (QED) is 0.333. The summed E-state index contributed by atoms with van der Waals surface area (Å²) in [6.45, 7) is 5.73. The highest BCUT2D eigenvalue weighted by atomic mass is 32.2. The lowest BCUT2D eigenvalue weighted by Crippen LogP contribution is -2.48. The third-order valence-corrected chi connectivity index (χ3v) is 11.5. The van der Waals surface area contributed by atoms with Crippen molar-refractivity contribution in [2.24, 2.45) is 5.92 Å². The second-order valence-electron chi connectivity index (χ2n) is 12.0. The number of fused-ring (bicyclic) bond motifs is 1. The van der Waals surface area contributed by atoms with Gasteiger partial charge < -0.3 is 19.5 Å². The van der Waals surface area contributed by atoms with E-state index in [1.807, 2.05) is 13.8 Å². The number of aliphatic hydroxyl groups is 1. The summed E-state index contributed by atoms with van der Waals surface area (Å²) in [5, 5.41) is 10.2. The number of benzene rings is 3. The minimum atomic E-state index is -3.94. The van der Waals surface area contributed by atoms with Gasteiger partial charge in [-0.25, -0.2) is 16.8 Å². The van der Waals surface area contributed by atoms with Crippen LogP contribution in [0.4, 0.5) is 5.69 Å². The van der Waals surface area contributed by atoms with Crippen LogP contribution in [0.2, 0.25) is 0 Å². The largest absolute Gasteiger partial charge is 0.490 e. The molecule has 1 amide bonds. The second kappa shape index (κ2) is 16.1. The molecule has 1 aliphatic rings. The molecule has 0 fully saturated rings. The first kappa shape index (κ1) is 36.3. The van der Waals surface area contributed by atoms with E-state index in [-0.39, 0.29) is 52.8 Å². The number of likely N-dealkylation sites (N-methyl/N-ethyl adjacent to an activating group) is 1. The highest BCUT2D eigenvalue weighted by molar-refractivity contribution is 7.92. The van der Waals surface area contributed by atoms with Crippen LogP contribution >= 0.6 is 0 Å². The van der Waals surface area contributed by atoms with E-state index >= 15 is 0 Å². The molecule has 256 valence electrons. The minimum absolute atomic E-state index is 0.0510. The van der Waals surface area contributed by atoms with Crippen LogP contribution in [0.25, 0.3) is 0 Å². The first-order chi connectivity index (χ1) is 22.3. The van der Waals surface area contributed by atoms with Crippen molar-refractivity contribution in [1.29, 1.82) is 0 Å². The van der Waals surface area contributed by atoms with Gasteiger partial charge in [0, 0.05) is 38.3 Å². The molecule has 2 N–H and O–H groups in total. The Kier molecular flexibility index (Phi) is 12.4. The van der Waals surface area contributed by atoms with E-state index in [0.29, 0.717) is 18.8 Å². The minimum Gasteiger partial charge on any atom is -0.490 e. The molecule has 1 heterocycles. The number of nitrogens with zero attached hydrogens (tertiary/aromatic N) is 2. The summed E-state index contributed by atoms with van der Waals surface area (Å²) in [5.74, 6) is -0.527. The van der Waals surface area contributed by atoms with Crippen molar-refractivity contribution < 1.29 is 36.2 Å². The van der Waals surface area contributed by atoms with Crippen molar-refractivity contribution in [3.05, 3.63) is 84.4 Å². The molecule has 1 aliphatic heterocycles. The fraction of sp³-hybridized carbons (Fsp3) is 0.441. The van der Waals surface area contributed by atoms with Crippen LogP contribution in [0, 0.1) is 5.92 Å². The number of nitrogens with one attached hydrogen (secondary N) is 1. The number of amides is 1. The highest BCUT2D eigenvalue weighted by Gasteiger charge is 2.32. The van der Waals surface area contributed by atoms with Gasteiger partial charge in [-0.3, -0.25) is 9.52 Å². The third kappa shape index (κ3) is 9.32. The molecule has 0 saturated carbocycles. The van der Waals surface area contributed by atoms with Gasteiger partial charge in [-0.05, 0) is 75.6 Å². The second-order valence-corrected chi connectivity index (χ2v) is 15.8. The topological polar surface area (TPSA) is 143 Å². The molecule has 3 aromatic carbocycles. The molecule has 0 unspecified atom stereocenters. The zero-order valence-electron chi connectivity index (χ0n) is 27.3. The van der Waals surface area contributed by atoms with Crippen LogP contribution in [0.1, 0.15) is 50.4 Å². The van der Waals surface area contributed by atoms with Gasteiger partial charge in [0.15, 0.2) is 0 Å². The number of sulfonamides is 2. The molecule has 47 heavy (non-hydrogen) atoms. The van der Waals surface area contributed by atoms with E-state index in [1.165, 1.54) is 34.5 Å². The monoisotopic (exact) mass is 687 g/mol. The van der Waals surface area contributed by atoms with Crippen LogP contribution in [-0.2, 0) is 24.8 Å². The summed E-state index contributed by atoms with van der Waals surface area (Å²) in [6.07, 6.45) is 1.32. The molecule has 0 saturated heterocycles. The molecule has 4 atom stereocenters. The smallest absolute Gasteiger partial charge is 0.261 e. The molecule has 11 nitrogen and oxygen atoms in total. The van der Waals surface area contributed by atoms with E-state index in [4.69, 9.17) is 9.47 Å². The standard InChI is InChI=1S/C34H45N3O8S2/c1-25-22-37(26(2)24-38)34(39)31-21-28(35-46(40,41)29-14-7-5-8-15-29)18-19-32(31)45-27(3)13-11-12-20-44-33(25)23-36(4)47(42,43)30-16-9-6-10-17-30/h5-10,14-19,21,25-27,33,35,38H,11-13,20,22-24H2,1-4H3/t25-,26-,27+,33-/m1/s1. The Morgan fingerprint density at radius 2 is 1.60 bits per heavy atom. The van der Waals surface area contributed by atoms with Gasteiger partial charge in [0.2, 0.25) is 10.0 Å². The number of hydrogen-bond acceptors (Lipinski definition) is 8. The number of carbonyl (C=O) groups excluding carboxylic acids is 1. The summed E-state index contributed by atoms with van der Waals surface area (Å²) < 4.78 is 69.2. The Morgan fingerprint density at radius 3 is 2.23 bits per heavy atom. The summed E-state index contributed by atoms with van der Waals surface area (Å²) in [7, 11) is -6.22. The summed E-state index contributed by atoms with van der Waals surface area (Å²) in [5.41, 5.74) is 0.313. The maximum absolute atomic E-state index is 14.3. The number of rotatable bonds is 9. The predicted molar refractivity (Wildman–Crippen MR) is 180 cm³/mol. The number of aliphatic hydroxyl groups excluding tert-OH is 1. The summed E-state index contributed by atoms with van der Waals surface area (Å²) in [4.78, 5) is 16.1. The number of anilines is 1. The fourth-order valence-corrected chi connectivity index (χ4v) is 7.66. The molecule has 0 spiro atoms. The van der Waals surface area contributed by atoms with Crippen LogP contribution in [-0.4, -0.2) is 88.7 Å². The molecule has 4 rings (SSSR count). The van der Waals surface area contributed by atoms with Crippen LogP contribution in [0.15, 0.2) is 88.7 Å². The molecule has 0 radical (unpaired) electrons. The molecule has 0 aliphatic carbocycles.